The van der Waals surface area contributed by atoms with Crippen molar-refractivity contribution < 1.29 is 14.7 Å². The molecule has 1 fully saturated rings. The maximum atomic E-state index is 12.1. The maximum absolute atomic E-state index is 12.1. The van der Waals surface area contributed by atoms with Crippen LogP contribution in [0.4, 0.5) is 10.5 Å². The number of carbonyl (C=O) groups is 2. The average molecular weight is 341 g/mol. The second-order valence-corrected chi connectivity index (χ2v) is 5.87. The number of urea groups is 1. The summed E-state index contributed by atoms with van der Waals surface area (Å²) in [5.41, 5.74) is 1.79. The fourth-order valence-corrected chi connectivity index (χ4v) is 2.62. The fourth-order valence-electron chi connectivity index (χ4n) is 2.24. The van der Waals surface area contributed by atoms with Gasteiger partial charge in [-0.2, -0.15) is 0 Å². The van der Waals surface area contributed by atoms with Crippen LogP contribution in [0.25, 0.3) is 0 Å². The molecule has 2 rings (SSSR count). The molecule has 0 saturated carbocycles. The Kier molecular flexibility index (Phi) is 4.65. The van der Waals surface area contributed by atoms with Crippen molar-refractivity contribution in [2.24, 2.45) is 5.92 Å². The summed E-state index contributed by atoms with van der Waals surface area (Å²) in [6, 6.07) is 5.34. The highest BCUT2D eigenvalue weighted by atomic mass is 79.9. The molecular formula is C14H17BrN2O3. The van der Waals surface area contributed by atoms with Gasteiger partial charge in [0.1, 0.15) is 0 Å². The summed E-state index contributed by atoms with van der Waals surface area (Å²) in [5.74, 6) is -1.29. The van der Waals surface area contributed by atoms with Gasteiger partial charge in [-0.1, -0.05) is 22.0 Å². The molecule has 1 aliphatic rings. The van der Waals surface area contributed by atoms with E-state index in [4.69, 9.17) is 5.11 Å². The number of hydrogen-bond donors (Lipinski definition) is 2. The van der Waals surface area contributed by atoms with Gasteiger partial charge in [0.25, 0.3) is 0 Å². The molecule has 2 N–H and O–H groups in total. The number of rotatable bonds is 2. The third-order valence-electron chi connectivity index (χ3n) is 3.48. The normalized spacial score (nSPS) is 18.7. The first kappa shape index (κ1) is 14.8. The smallest absolute Gasteiger partial charge is 0.321 e. The molecule has 5 nitrogen and oxygen atoms in total. The van der Waals surface area contributed by atoms with E-state index in [2.05, 4.69) is 21.2 Å². The van der Waals surface area contributed by atoms with Gasteiger partial charge >= 0.3 is 12.0 Å². The molecule has 1 aliphatic heterocycles. The van der Waals surface area contributed by atoms with E-state index in [1.54, 1.807) is 4.90 Å². The molecule has 0 radical (unpaired) electrons. The van der Waals surface area contributed by atoms with E-state index < -0.39 is 11.9 Å². The van der Waals surface area contributed by atoms with E-state index in [-0.39, 0.29) is 12.6 Å². The number of carboxylic acids is 1. The minimum atomic E-state index is -0.833. The molecule has 0 aliphatic carbocycles. The summed E-state index contributed by atoms with van der Waals surface area (Å²) in [5, 5.41) is 11.8. The average Bonchev–Trinajstić information content (AvgIpc) is 2.43. The summed E-state index contributed by atoms with van der Waals surface area (Å²) in [6.07, 6.45) is 1.36. The zero-order valence-corrected chi connectivity index (χ0v) is 12.8. The van der Waals surface area contributed by atoms with Crippen LogP contribution in [0, 0.1) is 12.8 Å². The Hall–Kier alpha value is -1.56. The van der Waals surface area contributed by atoms with E-state index in [1.165, 1.54) is 0 Å². The molecule has 1 aromatic carbocycles. The number of piperidine rings is 1. The summed E-state index contributed by atoms with van der Waals surface area (Å²) < 4.78 is 0.928. The van der Waals surface area contributed by atoms with Gasteiger partial charge in [-0.05, 0) is 37.5 Å². The van der Waals surface area contributed by atoms with Crippen LogP contribution in [-0.2, 0) is 4.79 Å². The van der Waals surface area contributed by atoms with Gasteiger partial charge < -0.3 is 15.3 Å². The van der Waals surface area contributed by atoms with Crippen molar-refractivity contribution >= 4 is 33.6 Å². The first-order chi connectivity index (χ1) is 9.47. The van der Waals surface area contributed by atoms with Gasteiger partial charge in [0.2, 0.25) is 0 Å². The van der Waals surface area contributed by atoms with E-state index in [0.717, 1.165) is 16.5 Å². The second-order valence-electron chi connectivity index (χ2n) is 5.02. The zero-order chi connectivity index (χ0) is 14.7. The molecule has 1 saturated heterocycles. The minimum Gasteiger partial charge on any atom is -0.481 e. The van der Waals surface area contributed by atoms with E-state index >= 15 is 0 Å². The van der Waals surface area contributed by atoms with Crippen LogP contribution in [0.1, 0.15) is 18.4 Å². The first-order valence-corrected chi connectivity index (χ1v) is 7.31. The summed E-state index contributed by atoms with van der Waals surface area (Å²) in [7, 11) is 0. The Labute approximate surface area is 126 Å². The monoisotopic (exact) mass is 340 g/mol. The number of likely N-dealkylation sites (tertiary alicyclic amines) is 1. The topological polar surface area (TPSA) is 69.6 Å². The van der Waals surface area contributed by atoms with Crippen LogP contribution in [0.2, 0.25) is 0 Å². The molecular weight excluding hydrogens is 324 g/mol. The van der Waals surface area contributed by atoms with Gasteiger partial charge in [0.15, 0.2) is 0 Å². The predicted octanol–water partition coefficient (Wildman–Crippen LogP) is 3.09. The zero-order valence-electron chi connectivity index (χ0n) is 11.2. The lowest BCUT2D eigenvalue weighted by Gasteiger charge is -2.30. The number of aryl methyl sites for hydroxylation is 1. The van der Waals surface area contributed by atoms with Gasteiger partial charge in [0.05, 0.1) is 5.92 Å². The van der Waals surface area contributed by atoms with E-state index in [9.17, 15) is 9.59 Å². The van der Waals surface area contributed by atoms with Gasteiger partial charge in [0, 0.05) is 23.2 Å². The highest BCUT2D eigenvalue weighted by Crippen LogP contribution is 2.22. The highest BCUT2D eigenvalue weighted by molar-refractivity contribution is 9.10. The molecule has 0 aromatic heterocycles. The molecule has 6 heteroatoms. The van der Waals surface area contributed by atoms with Crippen molar-refractivity contribution in [2.45, 2.75) is 19.8 Å². The molecule has 0 spiro atoms. The molecule has 1 heterocycles. The standard InChI is InChI=1S/C14H17BrN2O3/c1-9-4-5-11(7-12(9)15)16-14(20)17-6-2-3-10(8-17)13(18)19/h4-5,7,10H,2-3,6,8H2,1H3,(H,16,20)(H,18,19)/t10-/m0/s1. The molecule has 2 amide bonds. The van der Waals surface area contributed by atoms with Crippen LogP contribution in [0.5, 0.6) is 0 Å². The summed E-state index contributed by atoms with van der Waals surface area (Å²) >= 11 is 3.42. The van der Waals surface area contributed by atoms with Crippen LogP contribution in [-0.4, -0.2) is 35.1 Å². The number of halogens is 1. The summed E-state index contributed by atoms with van der Waals surface area (Å²) in [4.78, 5) is 24.7. The molecule has 0 unspecified atom stereocenters. The predicted molar refractivity (Wildman–Crippen MR) is 79.8 cm³/mol. The molecule has 1 aromatic rings. The van der Waals surface area contributed by atoms with Crippen molar-refractivity contribution in [3.63, 3.8) is 0 Å². The van der Waals surface area contributed by atoms with Crippen molar-refractivity contribution in [1.82, 2.24) is 4.90 Å². The van der Waals surface area contributed by atoms with Gasteiger partial charge in [-0.3, -0.25) is 4.79 Å². The van der Waals surface area contributed by atoms with Crippen molar-refractivity contribution in [3.05, 3.63) is 28.2 Å². The quantitative estimate of drug-likeness (QED) is 0.869. The van der Waals surface area contributed by atoms with Crippen molar-refractivity contribution in [3.8, 4) is 0 Å². The number of anilines is 1. The molecule has 20 heavy (non-hydrogen) atoms. The Morgan fingerprint density at radius 2 is 2.20 bits per heavy atom. The van der Waals surface area contributed by atoms with Crippen LogP contribution in [0.15, 0.2) is 22.7 Å². The number of aliphatic carboxylic acids is 1. The van der Waals surface area contributed by atoms with Crippen LogP contribution in [0.3, 0.4) is 0 Å². The molecule has 1 atom stereocenters. The number of benzene rings is 1. The summed E-state index contributed by atoms with van der Waals surface area (Å²) in [6.45, 7) is 2.84. The Balaban J connectivity index is 2.00. The van der Waals surface area contributed by atoms with E-state index in [1.807, 2.05) is 25.1 Å². The third-order valence-corrected chi connectivity index (χ3v) is 4.34. The molecule has 0 bridgehead atoms. The van der Waals surface area contributed by atoms with Crippen LogP contribution >= 0.6 is 15.9 Å². The molecule has 108 valence electrons. The lowest BCUT2D eigenvalue weighted by Crippen LogP contribution is -2.44. The number of hydrogen-bond acceptors (Lipinski definition) is 2. The van der Waals surface area contributed by atoms with E-state index in [0.29, 0.717) is 18.7 Å². The maximum Gasteiger partial charge on any atom is 0.321 e. The van der Waals surface area contributed by atoms with Crippen LogP contribution < -0.4 is 5.32 Å². The highest BCUT2D eigenvalue weighted by Gasteiger charge is 2.28. The SMILES string of the molecule is Cc1ccc(NC(=O)N2CCC[C@H](C(=O)O)C2)cc1Br. The third kappa shape index (κ3) is 3.50. The second kappa shape index (κ2) is 6.26. The van der Waals surface area contributed by atoms with Gasteiger partial charge in [-0.15, -0.1) is 0 Å². The lowest BCUT2D eigenvalue weighted by atomic mass is 9.99. The minimum absolute atomic E-state index is 0.244. The van der Waals surface area contributed by atoms with Crippen molar-refractivity contribution in [1.29, 1.82) is 0 Å². The number of nitrogens with one attached hydrogen (secondary N) is 1. The largest absolute Gasteiger partial charge is 0.481 e. The first-order valence-electron chi connectivity index (χ1n) is 6.52. The lowest BCUT2D eigenvalue weighted by molar-refractivity contribution is -0.143. The van der Waals surface area contributed by atoms with Gasteiger partial charge in [-0.25, -0.2) is 4.79 Å². The van der Waals surface area contributed by atoms with Crippen molar-refractivity contribution in [2.75, 3.05) is 18.4 Å². The number of amides is 2. The fraction of sp³-hybridized carbons (Fsp3) is 0.429. The Bertz CT molecular complexity index is 533. The number of carboxylic acid groups (broad SMARTS) is 1. The number of carbonyl (C=O) groups excluding carboxylic acids is 1. The number of nitrogens with zero attached hydrogens (tertiary/aromatic N) is 1. The Morgan fingerprint density at radius 3 is 2.85 bits per heavy atom. The Morgan fingerprint density at radius 1 is 1.45 bits per heavy atom.